The van der Waals surface area contributed by atoms with Crippen molar-refractivity contribution in [2.24, 2.45) is 0 Å². The van der Waals surface area contributed by atoms with E-state index in [4.69, 9.17) is 0 Å². The second-order valence-corrected chi connectivity index (χ2v) is 6.14. The summed E-state index contributed by atoms with van der Waals surface area (Å²) in [5.74, 6) is 2.06. The molecular weight excluding hydrogens is 272 g/mol. The van der Waals surface area contributed by atoms with E-state index >= 15 is 0 Å². The van der Waals surface area contributed by atoms with Gasteiger partial charge in [0.1, 0.15) is 11.5 Å². The lowest BCUT2D eigenvalue weighted by Gasteiger charge is -2.18. The van der Waals surface area contributed by atoms with E-state index in [2.05, 4.69) is 40.7 Å². The van der Waals surface area contributed by atoms with E-state index in [0.717, 1.165) is 17.1 Å². The van der Waals surface area contributed by atoms with E-state index in [1.54, 1.807) is 6.20 Å². The van der Waals surface area contributed by atoms with Crippen LogP contribution in [-0.4, -0.2) is 19.9 Å². The first-order chi connectivity index (χ1) is 10.5. The molecular formula is C18H18N4. The van der Waals surface area contributed by atoms with Crippen molar-refractivity contribution in [1.29, 1.82) is 0 Å². The molecule has 0 aliphatic rings. The van der Waals surface area contributed by atoms with Crippen LogP contribution >= 0.6 is 0 Å². The highest BCUT2D eigenvalue weighted by Crippen LogP contribution is 2.24. The summed E-state index contributed by atoms with van der Waals surface area (Å²) in [5.41, 5.74) is 1.58. The summed E-state index contributed by atoms with van der Waals surface area (Å²) >= 11 is 0. The van der Waals surface area contributed by atoms with E-state index in [9.17, 15) is 0 Å². The number of hydrogen-bond acceptors (Lipinski definition) is 4. The van der Waals surface area contributed by atoms with Crippen molar-refractivity contribution in [3.05, 3.63) is 60.6 Å². The highest BCUT2D eigenvalue weighted by Gasteiger charge is 2.21. The lowest BCUT2D eigenvalue weighted by molar-refractivity contribution is 0.543. The Balaban J connectivity index is 2.19. The Morgan fingerprint density at radius 1 is 0.727 bits per heavy atom. The lowest BCUT2D eigenvalue weighted by atomic mass is 9.95. The molecule has 0 atom stereocenters. The molecule has 0 saturated carbocycles. The van der Waals surface area contributed by atoms with E-state index in [-0.39, 0.29) is 5.41 Å². The van der Waals surface area contributed by atoms with Gasteiger partial charge in [0.25, 0.3) is 0 Å². The van der Waals surface area contributed by atoms with Crippen LogP contribution in [0.4, 0.5) is 0 Å². The Morgan fingerprint density at radius 2 is 1.41 bits per heavy atom. The largest absolute Gasteiger partial charge is 0.253 e. The molecule has 3 rings (SSSR count). The minimum Gasteiger partial charge on any atom is -0.253 e. The van der Waals surface area contributed by atoms with Gasteiger partial charge in [-0.1, -0.05) is 57.2 Å². The summed E-state index contributed by atoms with van der Waals surface area (Å²) in [7, 11) is 0. The monoisotopic (exact) mass is 290 g/mol. The molecule has 1 aromatic carbocycles. The molecule has 0 N–H and O–H groups in total. The van der Waals surface area contributed by atoms with Crippen LogP contribution in [0.3, 0.4) is 0 Å². The van der Waals surface area contributed by atoms with Gasteiger partial charge in [0.05, 0.1) is 0 Å². The topological polar surface area (TPSA) is 51.6 Å². The van der Waals surface area contributed by atoms with E-state index in [1.165, 1.54) is 0 Å². The maximum Gasteiger partial charge on any atom is 0.182 e. The Kier molecular flexibility index (Phi) is 3.67. The van der Waals surface area contributed by atoms with Gasteiger partial charge in [-0.15, -0.1) is 0 Å². The molecule has 0 aliphatic heterocycles. The number of aromatic nitrogens is 4. The maximum absolute atomic E-state index is 4.65. The molecule has 0 bridgehead atoms. The van der Waals surface area contributed by atoms with E-state index in [0.29, 0.717) is 11.6 Å². The highest BCUT2D eigenvalue weighted by molar-refractivity contribution is 5.58. The van der Waals surface area contributed by atoms with Gasteiger partial charge < -0.3 is 0 Å². The van der Waals surface area contributed by atoms with Gasteiger partial charge in [0.2, 0.25) is 0 Å². The molecule has 0 amide bonds. The van der Waals surface area contributed by atoms with Crippen molar-refractivity contribution in [2.45, 2.75) is 26.2 Å². The molecule has 0 aliphatic carbocycles. The van der Waals surface area contributed by atoms with Crippen LogP contribution < -0.4 is 0 Å². The van der Waals surface area contributed by atoms with Gasteiger partial charge in [0.15, 0.2) is 11.6 Å². The summed E-state index contributed by atoms with van der Waals surface area (Å²) in [6.45, 7) is 6.29. The zero-order valence-electron chi connectivity index (χ0n) is 13.0. The SMILES string of the molecule is CC(C)(C)c1nc(-c2ccccc2)nc(-c2ccccn2)n1. The van der Waals surface area contributed by atoms with Crippen LogP contribution in [0.15, 0.2) is 54.7 Å². The van der Waals surface area contributed by atoms with E-state index in [1.807, 2.05) is 48.5 Å². The third kappa shape index (κ3) is 3.01. The van der Waals surface area contributed by atoms with Gasteiger partial charge >= 0.3 is 0 Å². The predicted octanol–water partition coefficient (Wildman–Crippen LogP) is 3.90. The van der Waals surface area contributed by atoms with Gasteiger partial charge in [-0.3, -0.25) is 4.98 Å². The number of rotatable bonds is 2. The van der Waals surface area contributed by atoms with Crippen LogP contribution in [-0.2, 0) is 5.41 Å². The van der Waals surface area contributed by atoms with Crippen LogP contribution in [0.25, 0.3) is 22.9 Å². The molecule has 0 spiro atoms. The fourth-order valence-electron chi connectivity index (χ4n) is 2.04. The molecule has 4 heteroatoms. The second kappa shape index (κ2) is 5.64. The van der Waals surface area contributed by atoms with Crippen LogP contribution in [0.2, 0.25) is 0 Å². The third-order valence-corrected chi connectivity index (χ3v) is 3.23. The minimum absolute atomic E-state index is 0.157. The Labute approximate surface area is 130 Å². The number of benzene rings is 1. The van der Waals surface area contributed by atoms with Crippen LogP contribution in [0.5, 0.6) is 0 Å². The summed E-state index contributed by atoms with van der Waals surface area (Å²) in [6, 6.07) is 15.7. The molecule has 2 aromatic heterocycles. The summed E-state index contributed by atoms with van der Waals surface area (Å²) in [4.78, 5) is 18.2. The van der Waals surface area contributed by atoms with Crippen molar-refractivity contribution in [1.82, 2.24) is 19.9 Å². The molecule has 22 heavy (non-hydrogen) atoms. The van der Waals surface area contributed by atoms with Gasteiger partial charge in [0, 0.05) is 17.2 Å². The molecule has 0 saturated heterocycles. The Bertz CT molecular complexity index is 704. The molecule has 2 heterocycles. The van der Waals surface area contributed by atoms with Crippen LogP contribution in [0.1, 0.15) is 26.6 Å². The normalized spacial score (nSPS) is 11.4. The Morgan fingerprint density at radius 3 is 2.05 bits per heavy atom. The number of pyridine rings is 1. The van der Waals surface area contributed by atoms with Gasteiger partial charge in [-0.05, 0) is 12.1 Å². The average molecular weight is 290 g/mol. The number of hydrogen-bond donors (Lipinski definition) is 0. The fourth-order valence-corrected chi connectivity index (χ4v) is 2.04. The molecule has 110 valence electrons. The predicted molar refractivity (Wildman–Crippen MR) is 87.2 cm³/mol. The first kappa shape index (κ1) is 14.3. The maximum atomic E-state index is 4.65. The first-order valence-corrected chi connectivity index (χ1v) is 7.27. The van der Waals surface area contributed by atoms with Crippen molar-refractivity contribution in [2.75, 3.05) is 0 Å². The standard InChI is InChI=1S/C18H18N4/c1-18(2,3)17-21-15(13-9-5-4-6-10-13)20-16(22-17)14-11-7-8-12-19-14/h4-12H,1-3H3. The Hall–Kier alpha value is -2.62. The highest BCUT2D eigenvalue weighted by atomic mass is 15.1. The minimum atomic E-state index is -0.157. The fraction of sp³-hybridized carbons (Fsp3) is 0.222. The van der Waals surface area contributed by atoms with Gasteiger partial charge in [-0.2, -0.15) is 0 Å². The summed E-state index contributed by atoms with van der Waals surface area (Å²) < 4.78 is 0. The quantitative estimate of drug-likeness (QED) is 0.718. The average Bonchev–Trinajstić information content (AvgIpc) is 2.55. The number of nitrogens with zero attached hydrogens (tertiary/aromatic N) is 4. The second-order valence-electron chi connectivity index (χ2n) is 6.14. The van der Waals surface area contributed by atoms with Gasteiger partial charge in [-0.25, -0.2) is 15.0 Å². The van der Waals surface area contributed by atoms with Crippen LogP contribution in [0, 0.1) is 0 Å². The summed E-state index contributed by atoms with van der Waals surface area (Å²) in [5, 5.41) is 0. The summed E-state index contributed by atoms with van der Waals surface area (Å²) in [6.07, 6.45) is 1.75. The van der Waals surface area contributed by atoms with E-state index < -0.39 is 0 Å². The zero-order valence-corrected chi connectivity index (χ0v) is 13.0. The molecule has 0 unspecified atom stereocenters. The molecule has 0 fully saturated rings. The van der Waals surface area contributed by atoms with Crippen molar-refractivity contribution in [3.63, 3.8) is 0 Å². The molecule has 3 aromatic rings. The smallest absolute Gasteiger partial charge is 0.182 e. The van der Waals surface area contributed by atoms with Crippen molar-refractivity contribution >= 4 is 0 Å². The lowest BCUT2D eigenvalue weighted by Crippen LogP contribution is -2.18. The molecule has 4 nitrogen and oxygen atoms in total. The van der Waals surface area contributed by atoms with Crippen molar-refractivity contribution in [3.8, 4) is 22.9 Å². The van der Waals surface area contributed by atoms with Crippen molar-refractivity contribution < 1.29 is 0 Å². The molecule has 0 radical (unpaired) electrons. The first-order valence-electron chi connectivity index (χ1n) is 7.27. The zero-order chi connectivity index (χ0) is 15.6. The third-order valence-electron chi connectivity index (χ3n) is 3.23.